The lowest BCUT2D eigenvalue weighted by atomic mass is 10.2. The Morgan fingerprint density at radius 1 is 1.37 bits per heavy atom. The van der Waals surface area contributed by atoms with Gasteiger partial charge >= 0.3 is 5.97 Å². The number of aryl methyl sites for hydroxylation is 1. The van der Waals surface area contributed by atoms with Crippen LogP contribution in [0.15, 0.2) is 23.7 Å². The Bertz CT molecular complexity index is 607. The number of carbonyl (C=O) groups is 2. The molecule has 0 spiro atoms. The van der Waals surface area contributed by atoms with Gasteiger partial charge in [0, 0.05) is 11.6 Å². The van der Waals surface area contributed by atoms with Crippen LogP contribution < -0.4 is 5.32 Å². The van der Waals surface area contributed by atoms with E-state index in [0.29, 0.717) is 10.7 Å². The summed E-state index contributed by atoms with van der Waals surface area (Å²) in [7, 11) is 1.29. The average Bonchev–Trinajstić information content (AvgIpc) is 2.83. The van der Waals surface area contributed by atoms with Gasteiger partial charge in [0.15, 0.2) is 5.13 Å². The SMILES string of the molecule is COC(=O)c1ccc(C(=O)Nc2nc(C)cs2)nc1. The minimum absolute atomic E-state index is 0.209. The quantitative estimate of drug-likeness (QED) is 0.866. The van der Waals surface area contributed by atoms with Crippen LogP contribution in [-0.4, -0.2) is 29.0 Å². The maximum absolute atomic E-state index is 11.9. The van der Waals surface area contributed by atoms with Gasteiger partial charge in [-0.05, 0) is 19.1 Å². The molecule has 1 N–H and O–H groups in total. The summed E-state index contributed by atoms with van der Waals surface area (Å²) in [5, 5.41) is 4.98. The smallest absolute Gasteiger partial charge is 0.339 e. The molecule has 19 heavy (non-hydrogen) atoms. The van der Waals surface area contributed by atoms with Gasteiger partial charge in [-0.1, -0.05) is 0 Å². The second-order valence-corrected chi connectivity index (χ2v) is 4.53. The van der Waals surface area contributed by atoms with Crippen molar-refractivity contribution in [2.45, 2.75) is 6.92 Å². The highest BCUT2D eigenvalue weighted by atomic mass is 32.1. The van der Waals surface area contributed by atoms with Crippen molar-refractivity contribution in [2.75, 3.05) is 12.4 Å². The molecule has 0 unspecified atom stereocenters. The summed E-state index contributed by atoms with van der Waals surface area (Å²) >= 11 is 1.34. The molecule has 0 aliphatic heterocycles. The molecule has 7 heteroatoms. The summed E-state index contributed by atoms with van der Waals surface area (Å²) < 4.78 is 4.55. The number of pyridine rings is 1. The molecule has 2 aromatic heterocycles. The van der Waals surface area contributed by atoms with E-state index in [9.17, 15) is 9.59 Å². The first kappa shape index (κ1) is 13.2. The largest absolute Gasteiger partial charge is 0.465 e. The van der Waals surface area contributed by atoms with E-state index in [-0.39, 0.29) is 11.6 Å². The zero-order valence-corrected chi connectivity index (χ0v) is 11.2. The average molecular weight is 277 g/mol. The number of aromatic nitrogens is 2. The summed E-state index contributed by atoms with van der Waals surface area (Å²) in [6.45, 7) is 1.84. The van der Waals surface area contributed by atoms with E-state index in [4.69, 9.17) is 0 Å². The molecule has 2 aromatic rings. The lowest BCUT2D eigenvalue weighted by Crippen LogP contribution is -2.14. The van der Waals surface area contributed by atoms with Gasteiger partial charge in [0.05, 0.1) is 18.4 Å². The van der Waals surface area contributed by atoms with Gasteiger partial charge in [0.1, 0.15) is 5.69 Å². The minimum atomic E-state index is -0.491. The summed E-state index contributed by atoms with van der Waals surface area (Å²) in [6, 6.07) is 2.95. The molecule has 0 bridgehead atoms. The molecule has 2 heterocycles. The first-order valence-corrected chi connectivity index (χ1v) is 6.26. The Morgan fingerprint density at radius 2 is 2.16 bits per heavy atom. The minimum Gasteiger partial charge on any atom is -0.465 e. The Labute approximate surface area is 113 Å². The summed E-state index contributed by atoms with van der Waals surface area (Å²) in [5.74, 6) is -0.860. The van der Waals surface area contributed by atoms with Crippen LogP contribution in [0.3, 0.4) is 0 Å². The number of hydrogen-bond acceptors (Lipinski definition) is 6. The van der Waals surface area contributed by atoms with Crippen LogP contribution in [0.1, 0.15) is 26.5 Å². The molecule has 0 aromatic carbocycles. The predicted molar refractivity (Wildman–Crippen MR) is 70.4 cm³/mol. The molecular weight excluding hydrogens is 266 g/mol. The zero-order valence-electron chi connectivity index (χ0n) is 10.3. The van der Waals surface area contributed by atoms with E-state index in [1.165, 1.54) is 36.8 Å². The number of nitrogens with one attached hydrogen (secondary N) is 1. The molecule has 98 valence electrons. The van der Waals surface area contributed by atoms with Crippen LogP contribution in [0.25, 0.3) is 0 Å². The van der Waals surface area contributed by atoms with Gasteiger partial charge in [-0.3, -0.25) is 15.1 Å². The number of anilines is 1. The van der Waals surface area contributed by atoms with E-state index < -0.39 is 5.97 Å². The van der Waals surface area contributed by atoms with E-state index in [1.807, 2.05) is 12.3 Å². The molecule has 0 fully saturated rings. The lowest BCUT2D eigenvalue weighted by molar-refractivity contribution is 0.0600. The summed E-state index contributed by atoms with van der Waals surface area (Å²) in [5.41, 5.74) is 1.35. The maximum Gasteiger partial charge on any atom is 0.339 e. The first-order valence-electron chi connectivity index (χ1n) is 5.38. The number of esters is 1. The van der Waals surface area contributed by atoms with Crippen molar-refractivity contribution in [1.82, 2.24) is 9.97 Å². The van der Waals surface area contributed by atoms with Gasteiger partial charge in [0.25, 0.3) is 5.91 Å². The third-order valence-electron chi connectivity index (χ3n) is 2.26. The molecule has 6 nitrogen and oxygen atoms in total. The van der Waals surface area contributed by atoms with Crippen molar-refractivity contribution in [3.05, 3.63) is 40.7 Å². The fraction of sp³-hybridized carbons (Fsp3) is 0.167. The summed E-state index contributed by atoms with van der Waals surface area (Å²) in [4.78, 5) is 31.1. The van der Waals surface area contributed by atoms with E-state index in [1.54, 1.807) is 0 Å². The monoisotopic (exact) mass is 277 g/mol. The number of ether oxygens (including phenoxy) is 1. The number of nitrogens with zero attached hydrogens (tertiary/aromatic N) is 2. The van der Waals surface area contributed by atoms with E-state index >= 15 is 0 Å². The normalized spacial score (nSPS) is 10.0. The lowest BCUT2D eigenvalue weighted by Gasteiger charge is -2.02. The second kappa shape index (κ2) is 5.57. The van der Waals surface area contributed by atoms with Crippen molar-refractivity contribution >= 4 is 28.3 Å². The first-order chi connectivity index (χ1) is 9.10. The van der Waals surface area contributed by atoms with E-state index in [0.717, 1.165) is 5.69 Å². The van der Waals surface area contributed by atoms with Crippen LogP contribution in [0, 0.1) is 6.92 Å². The highest BCUT2D eigenvalue weighted by Crippen LogP contribution is 2.15. The molecule has 0 saturated carbocycles. The Kier molecular flexibility index (Phi) is 3.86. The van der Waals surface area contributed by atoms with E-state index in [2.05, 4.69) is 20.0 Å². The van der Waals surface area contributed by atoms with Crippen LogP contribution in [0.4, 0.5) is 5.13 Å². The zero-order chi connectivity index (χ0) is 13.8. The van der Waals surface area contributed by atoms with Crippen molar-refractivity contribution < 1.29 is 14.3 Å². The van der Waals surface area contributed by atoms with Crippen molar-refractivity contribution in [3.8, 4) is 0 Å². The molecule has 2 rings (SSSR count). The number of thiazole rings is 1. The fourth-order valence-electron chi connectivity index (χ4n) is 1.34. The van der Waals surface area contributed by atoms with Crippen LogP contribution >= 0.6 is 11.3 Å². The molecule has 1 amide bonds. The standard InChI is InChI=1S/C12H11N3O3S/c1-7-6-19-12(14-7)15-10(16)9-4-3-8(5-13-9)11(17)18-2/h3-6H,1-2H3,(H,14,15,16). The van der Waals surface area contributed by atoms with Crippen LogP contribution in [0.5, 0.6) is 0 Å². The number of methoxy groups -OCH3 is 1. The fourth-order valence-corrected chi connectivity index (χ4v) is 2.02. The van der Waals surface area contributed by atoms with Crippen molar-refractivity contribution in [2.24, 2.45) is 0 Å². The topological polar surface area (TPSA) is 81.2 Å². The van der Waals surface area contributed by atoms with Gasteiger partial charge in [-0.2, -0.15) is 0 Å². The molecule has 0 radical (unpaired) electrons. The Morgan fingerprint density at radius 3 is 2.68 bits per heavy atom. The highest BCUT2D eigenvalue weighted by Gasteiger charge is 2.11. The summed E-state index contributed by atoms with van der Waals surface area (Å²) in [6.07, 6.45) is 1.30. The third kappa shape index (κ3) is 3.14. The molecule has 0 aliphatic carbocycles. The second-order valence-electron chi connectivity index (χ2n) is 3.67. The molecular formula is C12H11N3O3S. The van der Waals surface area contributed by atoms with Gasteiger partial charge in [-0.15, -0.1) is 11.3 Å². The van der Waals surface area contributed by atoms with Gasteiger partial charge in [0.2, 0.25) is 0 Å². The van der Waals surface area contributed by atoms with Crippen LogP contribution in [0.2, 0.25) is 0 Å². The van der Waals surface area contributed by atoms with Crippen molar-refractivity contribution in [1.29, 1.82) is 0 Å². The molecule has 0 saturated heterocycles. The molecule has 0 atom stereocenters. The van der Waals surface area contributed by atoms with Gasteiger partial charge < -0.3 is 4.74 Å². The third-order valence-corrected chi connectivity index (χ3v) is 3.13. The predicted octanol–water partition coefficient (Wildman–Crippen LogP) is 1.89. The maximum atomic E-state index is 11.9. The highest BCUT2D eigenvalue weighted by molar-refractivity contribution is 7.13. The van der Waals surface area contributed by atoms with Gasteiger partial charge in [-0.25, -0.2) is 9.78 Å². The number of carbonyl (C=O) groups excluding carboxylic acids is 2. The van der Waals surface area contributed by atoms with Crippen molar-refractivity contribution in [3.63, 3.8) is 0 Å². The molecule has 0 aliphatic rings. The number of hydrogen-bond donors (Lipinski definition) is 1. The number of amides is 1. The Hall–Kier alpha value is -2.28. The van der Waals surface area contributed by atoms with Crippen LogP contribution in [-0.2, 0) is 4.74 Å². The Balaban J connectivity index is 2.09. The number of rotatable bonds is 3.